The van der Waals surface area contributed by atoms with E-state index in [1.807, 2.05) is 18.2 Å². The molecule has 0 spiro atoms. The summed E-state index contributed by atoms with van der Waals surface area (Å²) < 4.78 is 0. The molecule has 1 aromatic carbocycles. The number of aryl methyl sites for hydroxylation is 1. The molecule has 0 heterocycles. The number of aliphatic hydroxyl groups is 1. The van der Waals surface area contributed by atoms with Crippen LogP contribution >= 0.6 is 0 Å². The minimum absolute atomic E-state index is 0.00407. The highest BCUT2D eigenvalue weighted by atomic mass is 16.3. The Morgan fingerprint density at radius 2 is 2.06 bits per heavy atom. The van der Waals surface area contributed by atoms with Crippen molar-refractivity contribution in [1.82, 2.24) is 5.32 Å². The Balaban J connectivity index is 1.82. The highest BCUT2D eigenvalue weighted by Crippen LogP contribution is 2.32. The van der Waals surface area contributed by atoms with Crippen LogP contribution in [0.15, 0.2) is 24.3 Å². The number of nitrogens with one attached hydrogen (secondary N) is 1. The van der Waals surface area contributed by atoms with E-state index in [-0.39, 0.29) is 12.0 Å². The number of benzene rings is 1. The van der Waals surface area contributed by atoms with E-state index in [4.69, 9.17) is 0 Å². The Morgan fingerprint density at radius 1 is 1.39 bits per heavy atom. The number of aliphatic hydroxyl groups excluding tert-OH is 1. The summed E-state index contributed by atoms with van der Waals surface area (Å²) in [7, 11) is 0. The first-order valence-electron chi connectivity index (χ1n) is 6.72. The minimum atomic E-state index is -0.365. The summed E-state index contributed by atoms with van der Waals surface area (Å²) >= 11 is 0. The van der Waals surface area contributed by atoms with Gasteiger partial charge < -0.3 is 10.4 Å². The van der Waals surface area contributed by atoms with Gasteiger partial charge in [-0.1, -0.05) is 31.2 Å². The third-order valence-corrected chi connectivity index (χ3v) is 3.52. The van der Waals surface area contributed by atoms with E-state index < -0.39 is 0 Å². The van der Waals surface area contributed by atoms with Crippen LogP contribution in [0.4, 0.5) is 0 Å². The highest BCUT2D eigenvalue weighted by Gasteiger charge is 2.29. The number of carbonyl (C=O) groups is 1. The lowest BCUT2D eigenvalue weighted by Crippen LogP contribution is -2.34. The lowest BCUT2D eigenvalue weighted by Gasteiger charge is -2.12. The Labute approximate surface area is 108 Å². The molecule has 0 radical (unpaired) electrons. The quantitative estimate of drug-likeness (QED) is 0.803. The molecule has 1 amide bonds. The first-order chi connectivity index (χ1) is 8.70. The Hall–Kier alpha value is -1.35. The lowest BCUT2D eigenvalue weighted by molar-refractivity contribution is -0.120. The van der Waals surface area contributed by atoms with Gasteiger partial charge in [-0.15, -0.1) is 0 Å². The van der Waals surface area contributed by atoms with Crippen molar-refractivity contribution in [2.75, 3.05) is 6.54 Å². The third kappa shape index (κ3) is 3.57. The molecule has 18 heavy (non-hydrogen) atoms. The second-order valence-electron chi connectivity index (χ2n) is 5.01. The molecule has 1 aliphatic rings. The van der Waals surface area contributed by atoms with Gasteiger partial charge in [0.1, 0.15) is 0 Å². The predicted molar refractivity (Wildman–Crippen MR) is 71.3 cm³/mol. The lowest BCUT2D eigenvalue weighted by atomic mass is 10.0. The van der Waals surface area contributed by atoms with Gasteiger partial charge >= 0.3 is 0 Å². The second kappa shape index (κ2) is 6.01. The number of amides is 1. The second-order valence-corrected chi connectivity index (χ2v) is 5.01. The van der Waals surface area contributed by atoms with Crippen molar-refractivity contribution in [3.8, 4) is 0 Å². The van der Waals surface area contributed by atoms with Crippen LogP contribution in [0.1, 0.15) is 30.9 Å². The Morgan fingerprint density at radius 3 is 2.67 bits per heavy atom. The van der Waals surface area contributed by atoms with Crippen molar-refractivity contribution < 1.29 is 9.90 Å². The normalized spacial score (nSPS) is 16.3. The number of hydrogen-bond donors (Lipinski definition) is 2. The van der Waals surface area contributed by atoms with Gasteiger partial charge in [0.25, 0.3) is 0 Å². The van der Waals surface area contributed by atoms with Gasteiger partial charge in [-0.25, -0.2) is 0 Å². The van der Waals surface area contributed by atoms with Gasteiger partial charge in [0, 0.05) is 6.54 Å². The SMILES string of the molecule is CCc1ccccc1CC(=O)NC[C@H](O)C1CC1. The Kier molecular flexibility index (Phi) is 4.37. The average molecular weight is 247 g/mol. The largest absolute Gasteiger partial charge is 0.391 e. The molecule has 1 atom stereocenters. The van der Waals surface area contributed by atoms with Crippen molar-refractivity contribution in [1.29, 1.82) is 0 Å². The highest BCUT2D eigenvalue weighted by molar-refractivity contribution is 5.78. The van der Waals surface area contributed by atoms with Crippen LogP contribution in [0.2, 0.25) is 0 Å². The molecule has 0 unspecified atom stereocenters. The summed E-state index contributed by atoms with van der Waals surface area (Å²) in [6.07, 6.45) is 3.16. The summed E-state index contributed by atoms with van der Waals surface area (Å²) in [5.74, 6) is 0.406. The van der Waals surface area contributed by atoms with Crippen LogP contribution in [0.5, 0.6) is 0 Å². The molecule has 1 fully saturated rings. The zero-order valence-electron chi connectivity index (χ0n) is 10.9. The maximum absolute atomic E-state index is 11.8. The van der Waals surface area contributed by atoms with Crippen LogP contribution < -0.4 is 5.32 Å². The van der Waals surface area contributed by atoms with E-state index in [0.717, 1.165) is 24.8 Å². The predicted octanol–water partition coefficient (Wildman–Crippen LogP) is 1.68. The molecule has 0 aromatic heterocycles. The summed E-state index contributed by atoms with van der Waals surface area (Å²) in [5, 5.41) is 12.5. The maximum atomic E-state index is 11.8. The van der Waals surface area contributed by atoms with Crippen molar-refractivity contribution in [3.05, 3.63) is 35.4 Å². The molecule has 0 saturated heterocycles. The molecule has 0 bridgehead atoms. The molecule has 0 aliphatic heterocycles. The molecular weight excluding hydrogens is 226 g/mol. The van der Waals surface area contributed by atoms with Gasteiger partial charge in [-0.05, 0) is 36.3 Å². The molecule has 2 rings (SSSR count). The van der Waals surface area contributed by atoms with Gasteiger partial charge in [-0.3, -0.25) is 4.79 Å². The third-order valence-electron chi connectivity index (χ3n) is 3.52. The van der Waals surface area contributed by atoms with E-state index in [1.54, 1.807) is 0 Å². The first-order valence-corrected chi connectivity index (χ1v) is 6.72. The van der Waals surface area contributed by atoms with Crippen LogP contribution in [-0.2, 0) is 17.6 Å². The molecule has 2 N–H and O–H groups in total. The van der Waals surface area contributed by atoms with Crippen LogP contribution in [0.25, 0.3) is 0 Å². The van der Waals surface area contributed by atoms with Crippen molar-refractivity contribution in [2.45, 2.75) is 38.7 Å². The van der Waals surface area contributed by atoms with Crippen molar-refractivity contribution in [3.63, 3.8) is 0 Å². The van der Waals surface area contributed by atoms with Crippen LogP contribution in [0, 0.1) is 5.92 Å². The number of rotatable bonds is 6. The fourth-order valence-corrected chi connectivity index (χ4v) is 2.18. The van der Waals surface area contributed by atoms with E-state index in [0.29, 0.717) is 18.9 Å². The molecule has 1 aliphatic carbocycles. The monoisotopic (exact) mass is 247 g/mol. The molecular formula is C15H21NO2. The van der Waals surface area contributed by atoms with Gasteiger partial charge in [0.2, 0.25) is 5.91 Å². The van der Waals surface area contributed by atoms with Crippen molar-refractivity contribution >= 4 is 5.91 Å². The topological polar surface area (TPSA) is 49.3 Å². The zero-order valence-corrected chi connectivity index (χ0v) is 10.9. The fraction of sp³-hybridized carbons (Fsp3) is 0.533. The van der Waals surface area contributed by atoms with E-state index >= 15 is 0 Å². The average Bonchev–Trinajstić information content (AvgIpc) is 3.21. The number of carbonyl (C=O) groups excluding carboxylic acids is 1. The summed E-state index contributed by atoms with van der Waals surface area (Å²) in [5.41, 5.74) is 2.30. The standard InChI is InChI=1S/C15H21NO2/c1-2-11-5-3-4-6-13(11)9-15(18)16-10-14(17)12-7-8-12/h3-6,12,14,17H,2,7-10H2,1H3,(H,16,18)/t14-/m0/s1. The summed E-state index contributed by atoms with van der Waals surface area (Å²) in [4.78, 5) is 11.8. The van der Waals surface area contributed by atoms with Gasteiger partial charge in [-0.2, -0.15) is 0 Å². The van der Waals surface area contributed by atoms with Crippen LogP contribution in [0.3, 0.4) is 0 Å². The molecule has 1 saturated carbocycles. The molecule has 1 aromatic rings. The smallest absolute Gasteiger partial charge is 0.224 e. The molecule has 3 nitrogen and oxygen atoms in total. The zero-order chi connectivity index (χ0) is 13.0. The molecule has 3 heteroatoms. The van der Waals surface area contributed by atoms with E-state index in [2.05, 4.69) is 18.3 Å². The van der Waals surface area contributed by atoms with Crippen molar-refractivity contribution in [2.24, 2.45) is 5.92 Å². The van der Waals surface area contributed by atoms with Gasteiger partial charge in [0.05, 0.1) is 12.5 Å². The first kappa shape index (κ1) is 13.1. The minimum Gasteiger partial charge on any atom is -0.391 e. The fourth-order valence-electron chi connectivity index (χ4n) is 2.18. The van der Waals surface area contributed by atoms with E-state index in [9.17, 15) is 9.90 Å². The van der Waals surface area contributed by atoms with Crippen LogP contribution in [-0.4, -0.2) is 23.7 Å². The van der Waals surface area contributed by atoms with Gasteiger partial charge in [0.15, 0.2) is 0 Å². The molecule has 98 valence electrons. The summed E-state index contributed by atoms with van der Waals surface area (Å²) in [6, 6.07) is 8.01. The number of hydrogen-bond acceptors (Lipinski definition) is 2. The van der Waals surface area contributed by atoms with E-state index in [1.165, 1.54) is 5.56 Å². The Bertz CT molecular complexity index is 413. The summed E-state index contributed by atoms with van der Waals surface area (Å²) in [6.45, 7) is 2.48. The maximum Gasteiger partial charge on any atom is 0.224 e.